The average molecular weight is 235 g/mol. The largest absolute Gasteiger partial charge is 0.378 e. The Labute approximate surface area is 100 Å². The minimum Gasteiger partial charge on any atom is -0.378 e. The molecule has 6 heteroatoms. The predicted molar refractivity (Wildman–Crippen MR) is 66.6 cm³/mol. The third-order valence-corrected chi connectivity index (χ3v) is 2.29. The van der Waals surface area contributed by atoms with Gasteiger partial charge in [-0.3, -0.25) is 10.1 Å². The molecule has 0 aromatic carbocycles. The first-order valence-corrected chi connectivity index (χ1v) is 5.65. The molecule has 17 heavy (non-hydrogen) atoms. The molecule has 0 atom stereocenters. The highest BCUT2D eigenvalue weighted by Crippen LogP contribution is 2.07. The van der Waals surface area contributed by atoms with Crippen molar-refractivity contribution in [1.29, 1.82) is 0 Å². The molecule has 6 nitrogen and oxygen atoms in total. The summed E-state index contributed by atoms with van der Waals surface area (Å²) in [5.41, 5.74) is 8.96. The molecule has 2 heterocycles. The molecule has 0 fully saturated rings. The molecule has 0 bridgehead atoms. The maximum absolute atomic E-state index is 5.35. The SMILES string of the molecule is Cc1cc(/C2=C/C=NCCOCCNN2)n[nH]1. The lowest BCUT2D eigenvalue weighted by Crippen LogP contribution is -2.33. The highest BCUT2D eigenvalue weighted by molar-refractivity contribution is 5.82. The van der Waals surface area contributed by atoms with Crippen molar-refractivity contribution >= 4 is 11.9 Å². The van der Waals surface area contributed by atoms with Gasteiger partial charge in [-0.2, -0.15) is 5.10 Å². The van der Waals surface area contributed by atoms with E-state index in [-0.39, 0.29) is 0 Å². The Balaban J connectivity index is 2.10. The summed E-state index contributed by atoms with van der Waals surface area (Å²) >= 11 is 0. The van der Waals surface area contributed by atoms with Gasteiger partial charge in [-0.1, -0.05) is 0 Å². The number of allylic oxidation sites excluding steroid dienone is 1. The van der Waals surface area contributed by atoms with E-state index >= 15 is 0 Å². The van der Waals surface area contributed by atoms with Gasteiger partial charge < -0.3 is 10.2 Å². The van der Waals surface area contributed by atoms with Crippen molar-refractivity contribution in [2.24, 2.45) is 4.99 Å². The van der Waals surface area contributed by atoms with Crippen LogP contribution in [0.4, 0.5) is 0 Å². The van der Waals surface area contributed by atoms with E-state index in [1.165, 1.54) is 0 Å². The van der Waals surface area contributed by atoms with Crippen LogP contribution in [0.25, 0.3) is 5.70 Å². The number of rotatable bonds is 1. The number of aromatic nitrogens is 2. The normalized spacial score (nSPS) is 21.1. The van der Waals surface area contributed by atoms with Gasteiger partial charge >= 0.3 is 0 Å². The maximum atomic E-state index is 5.35. The summed E-state index contributed by atoms with van der Waals surface area (Å²) in [6, 6.07) is 1.98. The molecule has 1 aromatic rings. The summed E-state index contributed by atoms with van der Waals surface area (Å²) in [4.78, 5) is 4.22. The van der Waals surface area contributed by atoms with Crippen LogP contribution in [0.1, 0.15) is 11.4 Å². The van der Waals surface area contributed by atoms with Crippen LogP contribution in [0.15, 0.2) is 17.1 Å². The molecule has 0 radical (unpaired) electrons. The Morgan fingerprint density at radius 1 is 1.35 bits per heavy atom. The molecule has 3 N–H and O–H groups in total. The molecule has 0 saturated heterocycles. The summed E-state index contributed by atoms with van der Waals surface area (Å²) in [6.07, 6.45) is 3.66. The van der Waals surface area contributed by atoms with E-state index in [1.54, 1.807) is 6.21 Å². The minimum absolute atomic E-state index is 0.656. The molecule has 0 spiro atoms. The molecule has 2 rings (SSSR count). The van der Waals surface area contributed by atoms with E-state index in [2.05, 4.69) is 26.0 Å². The second-order valence-corrected chi connectivity index (χ2v) is 3.74. The summed E-state index contributed by atoms with van der Waals surface area (Å²) in [5, 5.41) is 7.11. The lowest BCUT2D eigenvalue weighted by atomic mass is 10.3. The Morgan fingerprint density at radius 3 is 3.12 bits per heavy atom. The smallest absolute Gasteiger partial charge is 0.110 e. The number of hydrazine groups is 1. The quantitative estimate of drug-likeness (QED) is 0.652. The van der Waals surface area contributed by atoms with Crippen LogP contribution in [-0.4, -0.2) is 42.7 Å². The Hall–Kier alpha value is -1.66. The number of aryl methyl sites for hydroxylation is 1. The molecule has 0 amide bonds. The molecule has 1 aromatic heterocycles. The van der Waals surface area contributed by atoms with Gasteiger partial charge in [0.1, 0.15) is 5.69 Å². The van der Waals surface area contributed by atoms with E-state index in [1.807, 2.05) is 19.1 Å². The van der Waals surface area contributed by atoms with Crippen molar-refractivity contribution < 1.29 is 4.74 Å². The standard InChI is InChI=1S/C11H17N5O/c1-9-8-11(16-14-9)10-2-3-12-4-6-17-7-5-13-15-10/h2-3,8,13,15H,4-7H2,1H3,(H,14,16)/b10-2-,12-3?. The van der Waals surface area contributed by atoms with Crippen molar-refractivity contribution in [2.75, 3.05) is 26.3 Å². The van der Waals surface area contributed by atoms with Crippen molar-refractivity contribution in [3.8, 4) is 0 Å². The topological polar surface area (TPSA) is 74.3 Å². The van der Waals surface area contributed by atoms with Gasteiger partial charge in [0.25, 0.3) is 0 Å². The highest BCUT2D eigenvalue weighted by Gasteiger charge is 2.04. The number of nitrogens with zero attached hydrogens (tertiary/aromatic N) is 2. The third kappa shape index (κ3) is 3.69. The average Bonchev–Trinajstić information content (AvgIpc) is 2.72. The number of hydrogen-bond acceptors (Lipinski definition) is 5. The zero-order valence-electron chi connectivity index (χ0n) is 9.86. The van der Waals surface area contributed by atoms with Crippen LogP contribution in [0, 0.1) is 6.92 Å². The van der Waals surface area contributed by atoms with Gasteiger partial charge in [-0.15, -0.1) is 0 Å². The van der Waals surface area contributed by atoms with Gasteiger partial charge in [0.05, 0.1) is 25.5 Å². The van der Waals surface area contributed by atoms with Crippen molar-refractivity contribution in [2.45, 2.75) is 6.92 Å². The summed E-state index contributed by atoms with van der Waals surface area (Å²) < 4.78 is 5.35. The van der Waals surface area contributed by atoms with E-state index in [4.69, 9.17) is 4.74 Å². The minimum atomic E-state index is 0.656. The van der Waals surface area contributed by atoms with Crippen LogP contribution in [-0.2, 0) is 4.74 Å². The fraction of sp³-hybridized carbons (Fsp3) is 0.455. The fourth-order valence-corrected chi connectivity index (χ4v) is 1.45. The lowest BCUT2D eigenvalue weighted by Gasteiger charge is -2.09. The number of H-pyrrole nitrogens is 1. The number of aromatic amines is 1. The van der Waals surface area contributed by atoms with Crippen LogP contribution in [0.2, 0.25) is 0 Å². The van der Waals surface area contributed by atoms with Crippen LogP contribution < -0.4 is 10.9 Å². The Bertz CT molecular complexity index is 410. The van der Waals surface area contributed by atoms with Crippen LogP contribution in [0.5, 0.6) is 0 Å². The zero-order valence-corrected chi connectivity index (χ0v) is 9.86. The van der Waals surface area contributed by atoms with Gasteiger partial charge in [0, 0.05) is 18.5 Å². The second kappa shape index (κ2) is 6.17. The Morgan fingerprint density at radius 2 is 2.29 bits per heavy atom. The monoisotopic (exact) mass is 235 g/mol. The van der Waals surface area contributed by atoms with Crippen molar-refractivity contribution in [3.63, 3.8) is 0 Å². The van der Waals surface area contributed by atoms with Crippen LogP contribution in [0.3, 0.4) is 0 Å². The van der Waals surface area contributed by atoms with Gasteiger partial charge in [-0.05, 0) is 19.1 Å². The van der Waals surface area contributed by atoms with E-state index in [0.717, 1.165) is 23.6 Å². The number of ether oxygens (including phenoxy) is 1. The number of hydrogen-bond donors (Lipinski definition) is 3. The summed E-state index contributed by atoms with van der Waals surface area (Å²) in [7, 11) is 0. The Kier molecular flexibility index (Phi) is 4.29. The van der Waals surface area contributed by atoms with Gasteiger partial charge in [0.15, 0.2) is 0 Å². The zero-order chi connectivity index (χ0) is 11.9. The number of nitrogens with one attached hydrogen (secondary N) is 3. The van der Waals surface area contributed by atoms with Gasteiger partial charge in [-0.25, -0.2) is 5.43 Å². The van der Waals surface area contributed by atoms with Crippen molar-refractivity contribution in [1.82, 2.24) is 21.0 Å². The highest BCUT2D eigenvalue weighted by atomic mass is 16.5. The second-order valence-electron chi connectivity index (χ2n) is 3.74. The molecule has 0 aliphatic carbocycles. The first-order valence-electron chi connectivity index (χ1n) is 5.65. The molecule has 0 unspecified atom stereocenters. The van der Waals surface area contributed by atoms with Crippen LogP contribution >= 0.6 is 0 Å². The lowest BCUT2D eigenvalue weighted by molar-refractivity contribution is 0.142. The molecular weight excluding hydrogens is 218 g/mol. The molecular formula is C11H17N5O. The maximum Gasteiger partial charge on any atom is 0.110 e. The van der Waals surface area contributed by atoms with Crippen molar-refractivity contribution in [3.05, 3.63) is 23.5 Å². The first kappa shape index (κ1) is 11.8. The van der Waals surface area contributed by atoms with E-state index in [9.17, 15) is 0 Å². The van der Waals surface area contributed by atoms with Gasteiger partial charge in [0.2, 0.25) is 0 Å². The predicted octanol–water partition coefficient (Wildman–Crippen LogP) is 0.254. The van der Waals surface area contributed by atoms with E-state index < -0.39 is 0 Å². The molecule has 1 aliphatic rings. The summed E-state index contributed by atoms with van der Waals surface area (Å²) in [5.74, 6) is 0. The number of aliphatic imine (C=N–C) groups is 1. The molecule has 0 saturated carbocycles. The fourth-order valence-electron chi connectivity index (χ4n) is 1.45. The van der Waals surface area contributed by atoms with E-state index in [0.29, 0.717) is 19.8 Å². The summed E-state index contributed by atoms with van der Waals surface area (Å²) in [6.45, 7) is 4.71. The molecule has 1 aliphatic heterocycles. The third-order valence-electron chi connectivity index (χ3n) is 2.29. The molecule has 92 valence electrons. The first-order chi connectivity index (χ1) is 8.36.